The van der Waals surface area contributed by atoms with Gasteiger partial charge in [0.15, 0.2) is 5.11 Å². The van der Waals surface area contributed by atoms with Crippen molar-refractivity contribution >= 4 is 62.1 Å². The van der Waals surface area contributed by atoms with E-state index in [4.69, 9.17) is 23.8 Å². The van der Waals surface area contributed by atoms with Gasteiger partial charge < -0.3 is 5.32 Å². The lowest BCUT2D eigenvalue weighted by atomic mass is 10.1. The van der Waals surface area contributed by atoms with Crippen LogP contribution in [0.2, 0.25) is 5.02 Å². The van der Waals surface area contributed by atoms with Crippen LogP contribution in [0.4, 0.5) is 5.69 Å². The quantitative estimate of drug-likeness (QED) is 0.383. The van der Waals surface area contributed by atoms with E-state index in [2.05, 4.69) is 15.6 Å². The van der Waals surface area contributed by atoms with Crippen LogP contribution < -0.4 is 10.6 Å². The Morgan fingerprint density at radius 1 is 1.07 bits per heavy atom. The van der Waals surface area contributed by atoms with Crippen LogP contribution in [0.3, 0.4) is 0 Å². The van der Waals surface area contributed by atoms with Crippen molar-refractivity contribution in [1.82, 2.24) is 10.3 Å². The van der Waals surface area contributed by atoms with E-state index in [1.807, 2.05) is 55.5 Å². The van der Waals surface area contributed by atoms with Gasteiger partial charge in [0.1, 0.15) is 5.01 Å². The molecule has 0 unspecified atom stereocenters. The maximum atomic E-state index is 12.3. The van der Waals surface area contributed by atoms with Gasteiger partial charge in [-0.1, -0.05) is 41.4 Å². The Bertz CT molecular complexity index is 1190. The lowest BCUT2D eigenvalue weighted by Crippen LogP contribution is -2.34. The highest BCUT2D eigenvalue weighted by molar-refractivity contribution is 7.80. The number of halogens is 1. The number of anilines is 1. The molecule has 4 nitrogen and oxygen atoms in total. The number of aromatic nitrogens is 1. The van der Waals surface area contributed by atoms with Crippen LogP contribution >= 0.6 is 35.2 Å². The molecule has 0 aliphatic heterocycles. The number of thiazole rings is 1. The zero-order valence-corrected chi connectivity index (χ0v) is 17.8. The second kappa shape index (κ2) is 8.29. The third kappa shape index (κ3) is 4.45. The number of hydrogen-bond acceptors (Lipinski definition) is 4. The molecule has 0 aliphatic carbocycles. The molecule has 4 rings (SSSR count). The fourth-order valence-electron chi connectivity index (χ4n) is 2.80. The molecule has 1 amide bonds. The number of para-hydroxylation sites is 1. The maximum Gasteiger partial charge on any atom is 0.257 e. The van der Waals surface area contributed by atoms with E-state index in [-0.39, 0.29) is 11.0 Å². The molecule has 144 valence electrons. The Labute approximate surface area is 182 Å². The minimum Gasteiger partial charge on any atom is -0.332 e. The van der Waals surface area contributed by atoms with Crippen molar-refractivity contribution in [3.05, 3.63) is 82.9 Å². The topological polar surface area (TPSA) is 54.0 Å². The van der Waals surface area contributed by atoms with E-state index < -0.39 is 0 Å². The van der Waals surface area contributed by atoms with Gasteiger partial charge in [-0.2, -0.15) is 0 Å². The average Bonchev–Trinajstić information content (AvgIpc) is 3.12. The first-order valence-corrected chi connectivity index (χ1v) is 10.4. The SMILES string of the molecule is Cc1ccc(C(=O)NC(=S)Nc2ccc(-c3nc4ccccc4s3)c(Cl)c2)cc1. The number of aryl methyl sites for hydroxylation is 1. The molecule has 0 spiro atoms. The molecular weight excluding hydrogens is 422 g/mol. The molecule has 0 fully saturated rings. The fraction of sp³-hybridized carbons (Fsp3) is 0.0455. The molecule has 2 N–H and O–H groups in total. The lowest BCUT2D eigenvalue weighted by Gasteiger charge is -2.11. The minimum absolute atomic E-state index is 0.208. The smallest absolute Gasteiger partial charge is 0.257 e. The standard InChI is InChI=1S/C22H16ClN3OS2/c1-13-6-8-14(9-7-13)20(27)26-22(28)24-15-10-11-16(17(23)12-15)21-25-18-4-2-3-5-19(18)29-21/h2-12H,1H3,(H2,24,26,27,28). The summed E-state index contributed by atoms with van der Waals surface area (Å²) in [5.74, 6) is -0.264. The summed E-state index contributed by atoms with van der Waals surface area (Å²) in [4.78, 5) is 16.9. The van der Waals surface area contributed by atoms with E-state index in [0.717, 1.165) is 26.4 Å². The van der Waals surface area contributed by atoms with Gasteiger partial charge in [0, 0.05) is 16.8 Å². The first-order chi connectivity index (χ1) is 14.0. The van der Waals surface area contributed by atoms with Crippen molar-refractivity contribution in [3.8, 4) is 10.6 Å². The van der Waals surface area contributed by atoms with E-state index in [1.165, 1.54) is 0 Å². The monoisotopic (exact) mass is 437 g/mol. The number of hydrogen-bond donors (Lipinski definition) is 2. The zero-order chi connectivity index (χ0) is 20.4. The van der Waals surface area contributed by atoms with Crippen molar-refractivity contribution in [1.29, 1.82) is 0 Å². The molecule has 0 aliphatic rings. The number of benzene rings is 3. The fourth-order valence-corrected chi connectivity index (χ4v) is 4.34. The Morgan fingerprint density at radius 3 is 2.55 bits per heavy atom. The van der Waals surface area contributed by atoms with Crippen molar-refractivity contribution in [2.45, 2.75) is 6.92 Å². The molecule has 4 aromatic rings. The molecule has 0 atom stereocenters. The Morgan fingerprint density at radius 2 is 1.83 bits per heavy atom. The largest absolute Gasteiger partial charge is 0.332 e. The van der Waals surface area contributed by atoms with Gasteiger partial charge in [0.2, 0.25) is 0 Å². The maximum absolute atomic E-state index is 12.3. The molecule has 1 heterocycles. The number of rotatable bonds is 3. The van der Waals surface area contributed by atoms with Gasteiger partial charge in [0.25, 0.3) is 5.91 Å². The molecule has 0 saturated heterocycles. The van der Waals surface area contributed by atoms with Crippen molar-refractivity contribution in [2.75, 3.05) is 5.32 Å². The molecule has 0 radical (unpaired) electrons. The van der Waals surface area contributed by atoms with Gasteiger partial charge in [-0.3, -0.25) is 10.1 Å². The minimum atomic E-state index is -0.264. The number of nitrogens with zero attached hydrogens (tertiary/aromatic N) is 1. The second-order valence-electron chi connectivity index (χ2n) is 6.46. The van der Waals surface area contributed by atoms with Crippen molar-refractivity contribution in [3.63, 3.8) is 0 Å². The van der Waals surface area contributed by atoms with Crippen LogP contribution in [-0.4, -0.2) is 16.0 Å². The summed E-state index contributed by atoms with van der Waals surface area (Å²) in [5, 5.41) is 7.30. The van der Waals surface area contributed by atoms with Gasteiger partial charge in [-0.25, -0.2) is 4.98 Å². The molecule has 0 bridgehead atoms. The zero-order valence-electron chi connectivity index (χ0n) is 15.4. The number of nitrogens with one attached hydrogen (secondary N) is 2. The summed E-state index contributed by atoms with van der Waals surface area (Å²) in [5.41, 5.74) is 4.13. The average molecular weight is 438 g/mol. The van der Waals surface area contributed by atoms with Gasteiger partial charge in [-0.05, 0) is 61.6 Å². The third-order valence-corrected chi connectivity index (χ3v) is 5.88. The lowest BCUT2D eigenvalue weighted by molar-refractivity contribution is 0.0977. The van der Waals surface area contributed by atoms with Crippen LogP contribution in [-0.2, 0) is 0 Å². The molecular formula is C22H16ClN3OS2. The molecule has 0 saturated carbocycles. The van der Waals surface area contributed by atoms with E-state index in [1.54, 1.807) is 29.5 Å². The van der Waals surface area contributed by atoms with Crippen molar-refractivity contribution < 1.29 is 4.79 Å². The van der Waals surface area contributed by atoms with Gasteiger partial charge in [0.05, 0.1) is 15.2 Å². The summed E-state index contributed by atoms with van der Waals surface area (Å²) in [6.07, 6.45) is 0. The number of carbonyl (C=O) groups is 1. The van der Waals surface area contributed by atoms with Gasteiger partial charge >= 0.3 is 0 Å². The Balaban J connectivity index is 1.47. The summed E-state index contributed by atoms with van der Waals surface area (Å²) < 4.78 is 1.11. The number of carbonyl (C=O) groups excluding carboxylic acids is 1. The number of fused-ring (bicyclic) bond motifs is 1. The predicted molar refractivity (Wildman–Crippen MR) is 125 cm³/mol. The summed E-state index contributed by atoms with van der Waals surface area (Å²) in [6, 6.07) is 20.8. The Kier molecular flexibility index (Phi) is 5.58. The first-order valence-electron chi connectivity index (χ1n) is 8.84. The highest BCUT2D eigenvalue weighted by Gasteiger charge is 2.12. The van der Waals surface area contributed by atoms with Gasteiger partial charge in [-0.15, -0.1) is 11.3 Å². The number of thiocarbonyl (C=S) groups is 1. The third-order valence-electron chi connectivity index (χ3n) is 4.29. The summed E-state index contributed by atoms with van der Waals surface area (Å²) >= 11 is 13.3. The number of amides is 1. The molecule has 29 heavy (non-hydrogen) atoms. The van der Waals surface area contributed by atoms with Crippen LogP contribution in [0.5, 0.6) is 0 Å². The van der Waals surface area contributed by atoms with Crippen LogP contribution in [0, 0.1) is 6.92 Å². The Hall–Kier alpha value is -2.80. The summed E-state index contributed by atoms with van der Waals surface area (Å²) in [6.45, 7) is 1.97. The van der Waals surface area contributed by atoms with E-state index >= 15 is 0 Å². The van der Waals surface area contributed by atoms with Crippen LogP contribution in [0.25, 0.3) is 20.8 Å². The first kappa shape index (κ1) is 19.5. The summed E-state index contributed by atoms with van der Waals surface area (Å²) in [7, 11) is 0. The highest BCUT2D eigenvalue weighted by atomic mass is 35.5. The normalized spacial score (nSPS) is 10.7. The molecule has 7 heteroatoms. The van der Waals surface area contributed by atoms with Crippen LogP contribution in [0.1, 0.15) is 15.9 Å². The van der Waals surface area contributed by atoms with Crippen LogP contribution in [0.15, 0.2) is 66.7 Å². The molecule has 3 aromatic carbocycles. The van der Waals surface area contributed by atoms with E-state index in [9.17, 15) is 4.79 Å². The highest BCUT2D eigenvalue weighted by Crippen LogP contribution is 2.35. The predicted octanol–water partition coefficient (Wildman–Crippen LogP) is 6.05. The van der Waals surface area contributed by atoms with E-state index in [0.29, 0.717) is 16.3 Å². The second-order valence-corrected chi connectivity index (χ2v) is 8.30. The van der Waals surface area contributed by atoms with Crippen molar-refractivity contribution in [2.24, 2.45) is 0 Å². The molecule has 1 aromatic heterocycles.